The summed E-state index contributed by atoms with van der Waals surface area (Å²) in [6, 6.07) is 0. The van der Waals surface area contributed by atoms with Gasteiger partial charge in [-0.2, -0.15) is 0 Å². The summed E-state index contributed by atoms with van der Waals surface area (Å²) in [4.78, 5) is 23.2. The van der Waals surface area contributed by atoms with Gasteiger partial charge in [-0.15, -0.1) is 0 Å². The van der Waals surface area contributed by atoms with Gasteiger partial charge in [0.2, 0.25) is 5.91 Å². The van der Waals surface area contributed by atoms with Gasteiger partial charge in [-0.05, 0) is 13.3 Å². The zero-order valence-corrected chi connectivity index (χ0v) is 12.7. The van der Waals surface area contributed by atoms with Crippen molar-refractivity contribution in [3.05, 3.63) is 0 Å². The summed E-state index contributed by atoms with van der Waals surface area (Å²) in [6.45, 7) is 8.20. The first-order valence-electron chi connectivity index (χ1n) is 7.12. The normalized spacial score (nSPS) is 29.4. The molecule has 3 unspecified atom stereocenters. The molecule has 3 atom stereocenters. The highest BCUT2D eigenvalue weighted by molar-refractivity contribution is 5.89. The van der Waals surface area contributed by atoms with Crippen LogP contribution in [0.3, 0.4) is 0 Å². The van der Waals surface area contributed by atoms with Crippen molar-refractivity contribution in [2.75, 3.05) is 13.2 Å². The minimum absolute atomic E-state index is 0.0373. The Morgan fingerprint density at radius 2 is 2.05 bits per heavy atom. The van der Waals surface area contributed by atoms with Crippen molar-refractivity contribution >= 4 is 11.9 Å². The summed E-state index contributed by atoms with van der Waals surface area (Å²) >= 11 is 0. The minimum atomic E-state index is -0.996. The molecule has 1 saturated carbocycles. The lowest BCUT2D eigenvalue weighted by atomic mass is 9.54. The third kappa shape index (κ3) is 2.81. The molecule has 6 heteroatoms. The van der Waals surface area contributed by atoms with Crippen molar-refractivity contribution in [3.8, 4) is 0 Å². The summed E-state index contributed by atoms with van der Waals surface area (Å²) < 4.78 is 5.57. The highest BCUT2D eigenvalue weighted by Crippen LogP contribution is 2.49. The second-order valence-corrected chi connectivity index (χ2v) is 5.99. The Morgan fingerprint density at radius 3 is 2.45 bits per heavy atom. The SMILES string of the molecule is CCOC1CC(N)(C(=O)NCC(CC)C(=O)O)C1(C)C. The molecule has 0 heterocycles. The number of nitrogens with two attached hydrogens (primary N) is 1. The maximum absolute atomic E-state index is 12.3. The van der Waals surface area contributed by atoms with Crippen LogP contribution in [0.5, 0.6) is 0 Å². The van der Waals surface area contributed by atoms with Crippen LogP contribution in [0.15, 0.2) is 0 Å². The summed E-state index contributed by atoms with van der Waals surface area (Å²) in [6.07, 6.45) is 0.895. The van der Waals surface area contributed by atoms with Gasteiger partial charge in [0.25, 0.3) is 0 Å². The standard InChI is InChI=1S/C14H26N2O4/c1-5-9(11(17)18)8-16-12(19)14(15)7-10(20-6-2)13(14,3)4/h9-10H,5-8,15H2,1-4H3,(H,16,19)(H,17,18). The predicted molar refractivity (Wildman–Crippen MR) is 75.2 cm³/mol. The molecule has 0 radical (unpaired) electrons. The number of rotatable bonds is 7. The van der Waals surface area contributed by atoms with Crippen LogP contribution in [0.4, 0.5) is 0 Å². The molecule has 6 nitrogen and oxygen atoms in total. The van der Waals surface area contributed by atoms with E-state index in [2.05, 4.69) is 5.32 Å². The molecule has 0 saturated heterocycles. The first kappa shape index (κ1) is 16.9. The van der Waals surface area contributed by atoms with E-state index in [9.17, 15) is 9.59 Å². The first-order valence-corrected chi connectivity index (χ1v) is 7.12. The number of carboxylic acid groups (broad SMARTS) is 1. The van der Waals surface area contributed by atoms with Crippen LogP contribution in [0, 0.1) is 11.3 Å². The van der Waals surface area contributed by atoms with Crippen LogP contribution in [0.25, 0.3) is 0 Å². The smallest absolute Gasteiger partial charge is 0.308 e. The van der Waals surface area contributed by atoms with Crippen molar-refractivity contribution in [2.24, 2.45) is 17.1 Å². The molecular formula is C14H26N2O4. The molecule has 4 N–H and O–H groups in total. The van der Waals surface area contributed by atoms with E-state index in [1.165, 1.54) is 0 Å². The minimum Gasteiger partial charge on any atom is -0.481 e. The number of hydrogen-bond donors (Lipinski definition) is 3. The Balaban J connectivity index is 2.62. The van der Waals surface area contributed by atoms with Crippen molar-refractivity contribution in [3.63, 3.8) is 0 Å². The van der Waals surface area contributed by atoms with Gasteiger partial charge < -0.3 is 20.9 Å². The van der Waals surface area contributed by atoms with Gasteiger partial charge in [0.1, 0.15) is 5.54 Å². The molecule has 0 aromatic carbocycles. The molecule has 0 aromatic rings. The van der Waals surface area contributed by atoms with E-state index < -0.39 is 22.8 Å². The quantitative estimate of drug-likeness (QED) is 0.641. The van der Waals surface area contributed by atoms with Crippen LogP contribution in [-0.2, 0) is 14.3 Å². The van der Waals surface area contributed by atoms with Gasteiger partial charge in [-0.1, -0.05) is 20.8 Å². The van der Waals surface area contributed by atoms with E-state index in [4.69, 9.17) is 15.6 Å². The first-order chi connectivity index (χ1) is 9.20. The van der Waals surface area contributed by atoms with Crippen LogP contribution < -0.4 is 11.1 Å². The Morgan fingerprint density at radius 1 is 1.45 bits per heavy atom. The number of nitrogens with one attached hydrogen (secondary N) is 1. The fourth-order valence-electron chi connectivity index (χ4n) is 2.60. The Kier molecular flexibility index (Phi) is 5.15. The molecular weight excluding hydrogens is 260 g/mol. The summed E-state index contributed by atoms with van der Waals surface area (Å²) in [7, 11) is 0. The number of ether oxygens (including phenoxy) is 1. The average molecular weight is 286 g/mol. The van der Waals surface area contributed by atoms with Gasteiger partial charge >= 0.3 is 5.97 Å². The predicted octanol–water partition coefficient (Wildman–Crippen LogP) is 0.746. The molecule has 116 valence electrons. The van der Waals surface area contributed by atoms with Gasteiger partial charge in [-0.25, -0.2) is 0 Å². The molecule has 0 bridgehead atoms. The molecule has 1 aliphatic rings. The molecule has 1 fully saturated rings. The summed E-state index contributed by atoms with van der Waals surface area (Å²) in [5, 5.41) is 11.6. The molecule has 0 spiro atoms. The molecule has 1 amide bonds. The zero-order chi connectivity index (χ0) is 15.6. The van der Waals surface area contributed by atoms with Gasteiger partial charge in [0.15, 0.2) is 0 Å². The van der Waals surface area contributed by atoms with E-state index in [1.807, 2.05) is 20.8 Å². The second-order valence-electron chi connectivity index (χ2n) is 5.99. The van der Waals surface area contributed by atoms with Crippen molar-refractivity contribution in [2.45, 2.75) is 52.2 Å². The number of aliphatic carboxylic acids is 1. The lowest BCUT2D eigenvalue weighted by Gasteiger charge is -2.57. The second kappa shape index (κ2) is 6.10. The summed E-state index contributed by atoms with van der Waals surface area (Å²) in [5.74, 6) is -1.77. The van der Waals surface area contributed by atoms with Crippen LogP contribution in [0.1, 0.15) is 40.5 Å². The number of carbonyl (C=O) groups excluding carboxylic acids is 1. The molecule has 1 rings (SSSR count). The topological polar surface area (TPSA) is 102 Å². The fourth-order valence-corrected chi connectivity index (χ4v) is 2.60. The van der Waals surface area contributed by atoms with Crippen LogP contribution in [-0.4, -0.2) is 41.8 Å². The van der Waals surface area contributed by atoms with Gasteiger partial charge in [0, 0.05) is 25.0 Å². The third-order valence-corrected chi connectivity index (χ3v) is 4.59. The number of amides is 1. The number of carboxylic acids is 1. The van der Waals surface area contributed by atoms with Crippen LogP contribution >= 0.6 is 0 Å². The maximum atomic E-state index is 12.3. The number of carbonyl (C=O) groups is 2. The Hall–Kier alpha value is -1.14. The monoisotopic (exact) mass is 286 g/mol. The number of hydrogen-bond acceptors (Lipinski definition) is 4. The maximum Gasteiger partial charge on any atom is 0.308 e. The lowest BCUT2D eigenvalue weighted by molar-refractivity contribution is -0.170. The highest BCUT2D eigenvalue weighted by Gasteiger charge is 2.62. The van der Waals surface area contributed by atoms with E-state index in [0.717, 1.165) is 0 Å². The van der Waals surface area contributed by atoms with Crippen molar-refractivity contribution in [1.29, 1.82) is 0 Å². The van der Waals surface area contributed by atoms with Crippen LogP contribution in [0.2, 0.25) is 0 Å². The highest BCUT2D eigenvalue weighted by atomic mass is 16.5. The van der Waals surface area contributed by atoms with E-state index >= 15 is 0 Å². The lowest BCUT2D eigenvalue weighted by Crippen LogP contribution is -2.76. The zero-order valence-electron chi connectivity index (χ0n) is 12.7. The fraction of sp³-hybridized carbons (Fsp3) is 0.857. The molecule has 1 aliphatic carbocycles. The summed E-state index contributed by atoms with van der Waals surface area (Å²) in [5.41, 5.74) is 4.75. The largest absolute Gasteiger partial charge is 0.481 e. The third-order valence-electron chi connectivity index (χ3n) is 4.59. The van der Waals surface area contributed by atoms with E-state index in [-0.39, 0.29) is 18.6 Å². The molecule has 0 aliphatic heterocycles. The van der Waals surface area contributed by atoms with Gasteiger partial charge in [-0.3, -0.25) is 9.59 Å². The van der Waals surface area contributed by atoms with Crippen molar-refractivity contribution < 1.29 is 19.4 Å². The van der Waals surface area contributed by atoms with E-state index in [0.29, 0.717) is 19.4 Å². The molecule has 0 aromatic heterocycles. The van der Waals surface area contributed by atoms with Gasteiger partial charge in [0.05, 0.1) is 12.0 Å². The average Bonchev–Trinajstić information content (AvgIpc) is 2.38. The van der Waals surface area contributed by atoms with E-state index in [1.54, 1.807) is 6.92 Å². The van der Waals surface area contributed by atoms with Crippen molar-refractivity contribution in [1.82, 2.24) is 5.32 Å². The Labute approximate surface area is 120 Å². The molecule has 20 heavy (non-hydrogen) atoms. The Bertz CT molecular complexity index is 383.